The first-order chi connectivity index (χ1) is 15.1. The summed E-state index contributed by atoms with van der Waals surface area (Å²) in [5, 5.41) is -0.339. The van der Waals surface area contributed by atoms with Gasteiger partial charge < -0.3 is 19.1 Å². The molecule has 0 saturated carbocycles. The lowest BCUT2D eigenvalue weighted by atomic mass is 10.1. The molecule has 0 aliphatic carbocycles. The number of imide groups is 1. The highest BCUT2D eigenvalue weighted by atomic mass is 32.2. The Labute approximate surface area is 184 Å². The van der Waals surface area contributed by atoms with Gasteiger partial charge >= 0.3 is 0 Å². The van der Waals surface area contributed by atoms with Crippen molar-refractivity contribution in [2.75, 3.05) is 32.2 Å². The Balaban J connectivity index is 1.44. The third kappa shape index (κ3) is 4.52. The van der Waals surface area contributed by atoms with E-state index in [0.717, 1.165) is 16.7 Å². The Morgan fingerprint density at radius 3 is 2.65 bits per heavy atom. The van der Waals surface area contributed by atoms with E-state index in [1.54, 1.807) is 30.3 Å². The number of hydrogen-bond acceptors (Lipinski definition) is 7. The number of fused-ring (bicyclic) bond motifs is 1. The summed E-state index contributed by atoms with van der Waals surface area (Å²) in [6.07, 6.45) is -0.839. The third-order valence-corrected chi connectivity index (χ3v) is 5.73. The minimum absolute atomic E-state index is 0.0939. The fraction of sp³-hybridized carbons (Fsp3) is 0.318. The van der Waals surface area contributed by atoms with Crippen LogP contribution >= 0.6 is 11.8 Å². The molecule has 0 spiro atoms. The van der Waals surface area contributed by atoms with Crippen LogP contribution in [0.2, 0.25) is 0 Å². The van der Waals surface area contributed by atoms with E-state index in [1.807, 2.05) is 25.1 Å². The molecule has 2 aliphatic rings. The molecule has 2 heterocycles. The number of amides is 3. The number of nitrogens with zero attached hydrogens (tertiary/aromatic N) is 2. The van der Waals surface area contributed by atoms with Crippen molar-refractivity contribution in [2.45, 2.75) is 13.2 Å². The SMILES string of the molecule is CCOc1ccc2c(c1)C(=O)N(CCOC(c1ccccc1)N1C(=O)CSC1=O)CO2. The molecule has 1 atom stereocenters. The number of hydrogen-bond donors (Lipinski definition) is 0. The second-order valence-corrected chi connectivity index (χ2v) is 7.81. The summed E-state index contributed by atoms with van der Waals surface area (Å²) in [6, 6.07) is 14.2. The van der Waals surface area contributed by atoms with Gasteiger partial charge in [-0.1, -0.05) is 42.1 Å². The van der Waals surface area contributed by atoms with Crippen LogP contribution in [0.15, 0.2) is 48.5 Å². The number of thioether (sulfide) groups is 1. The van der Waals surface area contributed by atoms with Crippen molar-refractivity contribution in [3.8, 4) is 11.5 Å². The summed E-state index contributed by atoms with van der Waals surface area (Å²) in [5.74, 6) is 0.732. The van der Waals surface area contributed by atoms with E-state index in [0.29, 0.717) is 29.2 Å². The van der Waals surface area contributed by atoms with Gasteiger partial charge in [-0.15, -0.1) is 0 Å². The van der Waals surface area contributed by atoms with Crippen LogP contribution < -0.4 is 9.47 Å². The van der Waals surface area contributed by atoms with Gasteiger partial charge in [0, 0.05) is 12.1 Å². The van der Waals surface area contributed by atoms with Gasteiger partial charge in [0.2, 0.25) is 5.91 Å². The van der Waals surface area contributed by atoms with Gasteiger partial charge in [0.05, 0.1) is 24.5 Å². The van der Waals surface area contributed by atoms with Crippen molar-refractivity contribution < 1.29 is 28.6 Å². The van der Waals surface area contributed by atoms with Gasteiger partial charge in [0.1, 0.15) is 11.5 Å². The van der Waals surface area contributed by atoms with E-state index < -0.39 is 6.23 Å². The molecular formula is C22H22N2O6S. The molecule has 31 heavy (non-hydrogen) atoms. The molecule has 2 aromatic carbocycles. The topological polar surface area (TPSA) is 85.4 Å². The van der Waals surface area contributed by atoms with Crippen molar-refractivity contribution in [3.05, 3.63) is 59.7 Å². The molecule has 1 fully saturated rings. The van der Waals surface area contributed by atoms with Crippen LogP contribution in [0, 0.1) is 0 Å². The summed E-state index contributed by atoms with van der Waals surface area (Å²) in [7, 11) is 0. The van der Waals surface area contributed by atoms with Crippen LogP contribution in [-0.2, 0) is 9.53 Å². The number of carbonyl (C=O) groups is 3. The molecule has 1 unspecified atom stereocenters. The van der Waals surface area contributed by atoms with Gasteiger partial charge in [-0.3, -0.25) is 14.4 Å². The van der Waals surface area contributed by atoms with Crippen LogP contribution in [0.5, 0.6) is 11.5 Å². The first-order valence-corrected chi connectivity index (χ1v) is 10.9. The lowest BCUT2D eigenvalue weighted by Gasteiger charge is -2.30. The number of ether oxygens (including phenoxy) is 3. The first-order valence-electron chi connectivity index (χ1n) is 9.92. The Hall–Kier alpha value is -3.04. The van der Waals surface area contributed by atoms with Crippen LogP contribution in [0.3, 0.4) is 0 Å². The fourth-order valence-electron chi connectivity index (χ4n) is 3.40. The number of benzene rings is 2. The summed E-state index contributed by atoms with van der Waals surface area (Å²) in [4.78, 5) is 40.0. The van der Waals surface area contributed by atoms with Gasteiger partial charge in [-0.25, -0.2) is 4.90 Å². The molecule has 2 aromatic rings. The standard InChI is InChI=1S/C22H22N2O6S/c1-2-28-16-8-9-18-17(12-16)20(26)23(14-30-18)10-11-29-21(15-6-4-3-5-7-15)24-19(25)13-31-22(24)27/h3-9,12,21H,2,10-11,13-14H2,1H3. The molecule has 8 nitrogen and oxygen atoms in total. The van der Waals surface area contributed by atoms with E-state index in [2.05, 4.69) is 0 Å². The highest BCUT2D eigenvalue weighted by Gasteiger charge is 2.37. The predicted molar refractivity (Wildman–Crippen MR) is 114 cm³/mol. The highest BCUT2D eigenvalue weighted by molar-refractivity contribution is 8.14. The second-order valence-electron chi connectivity index (χ2n) is 6.89. The van der Waals surface area contributed by atoms with Crippen molar-refractivity contribution in [3.63, 3.8) is 0 Å². The Bertz CT molecular complexity index is 967. The second kappa shape index (κ2) is 9.40. The van der Waals surface area contributed by atoms with Gasteiger partial charge in [0.15, 0.2) is 13.0 Å². The normalized spacial score (nSPS) is 16.9. The predicted octanol–water partition coefficient (Wildman–Crippen LogP) is 3.29. The van der Waals surface area contributed by atoms with E-state index in [-0.39, 0.29) is 42.7 Å². The maximum atomic E-state index is 12.9. The van der Waals surface area contributed by atoms with E-state index in [1.165, 1.54) is 4.90 Å². The third-order valence-electron chi connectivity index (χ3n) is 4.90. The minimum atomic E-state index is -0.839. The number of carbonyl (C=O) groups excluding carboxylic acids is 3. The number of rotatable bonds is 8. The fourth-order valence-corrected chi connectivity index (χ4v) is 4.13. The first kappa shape index (κ1) is 21.2. The molecule has 0 aromatic heterocycles. The molecule has 0 radical (unpaired) electrons. The molecule has 1 saturated heterocycles. The van der Waals surface area contributed by atoms with E-state index in [9.17, 15) is 14.4 Å². The maximum absolute atomic E-state index is 12.9. The maximum Gasteiger partial charge on any atom is 0.291 e. The molecule has 3 amide bonds. The zero-order valence-electron chi connectivity index (χ0n) is 17.0. The molecule has 0 bridgehead atoms. The summed E-state index contributed by atoms with van der Waals surface area (Å²) in [6.45, 7) is 2.83. The van der Waals surface area contributed by atoms with Gasteiger partial charge in [-0.05, 0) is 25.1 Å². The van der Waals surface area contributed by atoms with Gasteiger partial charge in [-0.2, -0.15) is 0 Å². The van der Waals surface area contributed by atoms with Crippen molar-refractivity contribution >= 4 is 28.8 Å². The summed E-state index contributed by atoms with van der Waals surface area (Å²) < 4.78 is 17.1. The van der Waals surface area contributed by atoms with Gasteiger partial charge in [0.25, 0.3) is 11.1 Å². The molecule has 4 rings (SSSR count). The average Bonchev–Trinajstić information content (AvgIpc) is 3.12. The lowest BCUT2D eigenvalue weighted by molar-refractivity contribution is -0.136. The zero-order valence-corrected chi connectivity index (χ0v) is 17.8. The van der Waals surface area contributed by atoms with Crippen LogP contribution in [0.1, 0.15) is 29.1 Å². The molecule has 0 N–H and O–H groups in total. The Kier molecular flexibility index (Phi) is 6.43. The summed E-state index contributed by atoms with van der Waals surface area (Å²) >= 11 is 0.957. The quantitative estimate of drug-likeness (QED) is 0.620. The van der Waals surface area contributed by atoms with Crippen molar-refractivity contribution in [2.24, 2.45) is 0 Å². The minimum Gasteiger partial charge on any atom is -0.494 e. The Morgan fingerprint density at radius 2 is 1.94 bits per heavy atom. The highest BCUT2D eigenvalue weighted by Crippen LogP contribution is 2.32. The van der Waals surface area contributed by atoms with E-state index >= 15 is 0 Å². The zero-order chi connectivity index (χ0) is 21.8. The monoisotopic (exact) mass is 442 g/mol. The van der Waals surface area contributed by atoms with Crippen molar-refractivity contribution in [1.29, 1.82) is 0 Å². The van der Waals surface area contributed by atoms with Crippen LogP contribution in [-0.4, -0.2) is 59.1 Å². The Morgan fingerprint density at radius 1 is 1.13 bits per heavy atom. The largest absolute Gasteiger partial charge is 0.494 e. The van der Waals surface area contributed by atoms with Crippen LogP contribution in [0.25, 0.3) is 0 Å². The molecule has 2 aliphatic heterocycles. The molecule has 162 valence electrons. The van der Waals surface area contributed by atoms with E-state index in [4.69, 9.17) is 14.2 Å². The summed E-state index contributed by atoms with van der Waals surface area (Å²) in [5.41, 5.74) is 1.12. The average molecular weight is 442 g/mol. The van der Waals surface area contributed by atoms with Crippen molar-refractivity contribution in [1.82, 2.24) is 9.80 Å². The lowest BCUT2D eigenvalue weighted by Crippen LogP contribution is -2.42. The smallest absolute Gasteiger partial charge is 0.291 e. The molecular weight excluding hydrogens is 420 g/mol. The molecule has 9 heteroatoms. The van der Waals surface area contributed by atoms with Crippen LogP contribution in [0.4, 0.5) is 4.79 Å².